The van der Waals surface area contributed by atoms with Crippen molar-refractivity contribution in [2.45, 2.75) is 24.9 Å². The van der Waals surface area contributed by atoms with Crippen LogP contribution >= 0.6 is 0 Å². The minimum Gasteiger partial charge on any atom is -0.372 e. The Morgan fingerprint density at radius 1 is 1.58 bits per heavy atom. The fourth-order valence-electron chi connectivity index (χ4n) is 2.27. The maximum atomic E-state index is 10.6. The highest BCUT2D eigenvalue weighted by molar-refractivity contribution is 5.57. The van der Waals surface area contributed by atoms with Crippen LogP contribution in [0.4, 0.5) is 0 Å². The summed E-state index contributed by atoms with van der Waals surface area (Å²) in [5.74, 6) is 0.00491. The van der Waals surface area contributed by atoms with Crippen LogP contribution in [0.5, 0.6) is 0 Å². The molecule has 1 heterocycles. The molecular weight excluding hydrogens is 154 g/mol. The summed E-state index contributed by atoms with van der Waals surface area (Å²) in [6, 6.07) is 0. The highest BCUT2D eigenvalue weighted by Crippen LogP contribution is 2.38. The summed E-state index contributed by atoms with van der Waals surface area (Å²) in [5, 5.41) is 3.28. The minimum atomic E-state index is -0.194. The fourth-order valence-corrected chi connectivity index (χ4v) is 2.27. The lowest BCUT2D eigenvalue weighted by Gasteiger charge is -2.36. The Kier molecular flexibility index (Phi) is 2.15. The standard InChI is InChI=1S/C9H14NO2/c11-6-8-2-1-3-9(8)7-10-4-5-12-9/h8,10H,1-5,7H2. The molecule has 2 unspecified atom stereocenters. The molecule has 2 aliphatic rings. The number of nitrogens with one attached hydrogen (secondary N) is 1. The zero-order valence-electron chi connectivity index (χ0n) is 7.14. The largest absolute Gasteiger partial charge is 0.372 e. The van der Waals surface area contributed by atoms with Crippen LogP contribution in [-0.2, 0) is 9.53 Å². The number of hydrogen-bond acceptors (Lipinski definition) is 3. The van der Waals surface area contributed by atoms with Crippen molar-refractivity contribution < 1.29 is 9.53 Å². The van der Waals surface area contributed by atoms with Crippen molar-refractivity contribution in [1.82, 2.24) is 5.32 Å². The first-order valence-corrected chi connectivity index (χ1v) is 4.60. The average molecular weight is 168 g/mol. The fraction of sp³-hybridized carbons (Fsp3) is 0.889. The Morgan fingerprint density at radius 3 is 3.17 bits per heavy atom. The minimum absolute atomic E-state index is 0.00491. The van der Waals surface area contributed by atoms with Gasteiger partial charge in [0.05, 0.1) is 18.1 Å². The Bertz CT molecular complexity index is 175. The van der Waals surface area contributed by atoms with Crippen molar-refractivity contribution in [2.24, 2.45) is 5.92 Å². The summed E-state index contributed by atoms with van der Waals surface area (Å²) in [4.78, 5) is 10.6. The number of rotatable bonds is 1. The molecule has 1 spiro atoms. The number of carbonyl (C=O) groups excluding carboxylic acids is 1. The Balaban J connectivity index is 2.10. The number of hydrogen-bond donors (Lipinski definition) is 1. The molecule has 1 N–H and O–H groups in total. The number of morpholine rings is 1. The summed E-state index contributed by atoms with van der Waals surface area (Å²) >= 11 is 0. The molecule has 2 atom stereocenters. The molecular formula is C9H14NO2. The first kappa shape index (κ1) is 8.20. The lowest BCUT2D eigenvalue weighted by atomic mass is 9.91. The third-order valence-corrected chi connectivity index (χ3v) is 2.96. The van der Waals surface area contributed by atoms with E-state index < -0.39 is 0 Å². The summed E-state index contributed by atoms with van der Waals surface area (Å²) in [5.41, 5.74) is -0.194. The monoisotopic (exact) mass is 168 g/mol. The van der Waals surface area contributed by atoms with Gasteiger partial charge in [0, 0.05) is 13.1 Å². The molecule has 0 aromatic rings. The lowest BCUT2D eigenvalue weighted by Crippen LogP contribution is -2.52. The van der Waals surface area contributed by atoms with Crippen LogP contribution in [0.15, 0.2) is 0 Å². The maximum absolute atomic E-state index is 10.6. The van der Waals surface area contributed by atoms with E-state index in [0.717, 1.165) is 39.0 Å². The summed E-state index contributed by atoms with van der Waals surface area (Å²) < 4.78 is 5.70. The van der Waals surface area contributed by atoms with Gasteiger partial charge in [0.25, 0.3) is 0 Å². The molecule has 0 amide bonds. The van der Waals surface area contributed by atoms with E-state index in [1.54, 1.807) is 0 Å². The van der Waals surface area contributed by atoms with Gasteiger partial charge < -0.3 is 10.1 Å². The molecule has 0 aromatic carbocycles. The van der Waals surface area contributed by atoms with Crippen molar-refractivity contribution in [3.63, 3.8) is 0 Å². The molecule has 3 heteroatoms. The second-order valence-electron chi connectivity index (χ2n) is 3.65. The summed E-state index contributed by atoms with van der Waals surface area (Å²) in [6.45, 7) is 2.47. The van der Waals surface area contributed by atoms with E-state index in [1.807, 2.05) is 0 Å². The van der Waals surface area contributed by atoms with E-state index in [-0.39, 0.29) is 11.5 Å². The molecule has 3 nitrogen and oxygen atoms in total. The molecule has 67 valence electrons. The second-order valence-corrected chi connectivity index (χ2v) is 3.65. The Morgan fingerprint density at radius 2 is 2.50 bits per heavy atom. The molecule has 1 aliphatic heterocycles. The van der Waals surface area contributed by atoms with E-state index in [4.69, 9.17) is 4.74 Å². The molecule has 1 radical (unpaired) electrons. The van der Waals surface area contributed by atoms with Gasteiger partial charge in [-0.1, -0.05) is 0 Å². The average Bonchev–Trinajstić information content (AvgIpc) is 2.49. The molecule has 2 rings (SSSR count). The lowest BCUT2D eigenvalue weighted by molar-refractivity contribution is -0.0754. The van der Waals surface area contributed by atoms with E-state index in [1.165, 1.54) is 0 Å². The Hall–Kier alpha value is -0.410. The third-order valence-electron chi connectivity index (χ3n) is 2.96. The highest BCUT2D eigenvalue weighted by Gasteiger charge is 2.45. The zero-order chi connectivity index (χ0) is 8.44. The summed E-state index contributed by atoms with van der Waals surface area (Å²) in [7, 11) is 0. The third kappa shape index (κ3) is 1.17. The van der Waals surface area contributed by atoms with Crippen molar-refractivity contribution in [2.75, 3.05) is 19.7 Å². The molecule has 2 fully saturated rings. The Labute approximate surface area is 72.5 Å². The van der Waals surface area contributed by atoms with Crippen LogP contribution in [0.2, 0.25) is 0 Å². The van der Waals surface area contributed by atoms with Gasteiger partial charge in [-0.05, 0) is 19.3 Å². The van der Waals surface area contributed by atoms with Gasteiger partial charge in [0.15, 0.2) is 0 Å². The van der Waals surface area contributed by atoms with E-state index in [0.29, 0.717) is 0 Å². The van der Waals surface area contributed by atoms with Crippen LogP contribution < -0.4 is 5.32 Å². The normalized spacial score (nSPS) is 41.8. The summed E-state index contributed by atoms with van der Waals surface area (Å²) in [6.07, 6.45) is 5.17. The molecule has 0 aromatic heterocycles. The van der Waals surface area contributed by atoms with Crippen LogP contribution in [0.3, 0.4) is 0 Å². The smallest absolute Gasteiger partial charge is 0.204 e. The van der Waals surface area contributed by atoms with Crippen LogP contribution in [0.25, 0.3) is 0 Å². The predicted octanol–water partition coefficient (Wildman–Crippen LogP) is 0.255. The van der Waals surface area contributed by atoms with Crippen LogP contribution in [0.1, 0.15) is 19.3 Å². The SMILES string of the molecule is O=[C]C1CCCC12CNCCO2. The topological polar surface area (TPSA) is 38.3 Å². The quantitative estimate of drug-likeness (QED) is 0.610. The maximum Gasteiger partial charge on any atom is 0.204 e. The molecule has 1 saturated carbocycles. The van der Waals surface area contributed by atoms with Gasteiger partial charge >= 0.3 is 0 Å². The van der Waals surface area contributed by atoms with Crippen LogP contribution in [0, 0.1) is 5.92 Å². The predicted molar refractivity (Wildman–Crippen MR) is 44.6 cm³/mol. The zero-order valence-corrected chi connectivity index (χ0v) is 7.14. The van der Waals surface area contributed by atoms with E-state index in [2.05, 4.69) is 11.6 Å². The second kappa shape index (κ2) is 3.15. The van der Waals surface area contributed by atoms with Crippen molar-refractivity contribution in [3.8, 4) is 0 Å². The van der Waals surface area contributed by atoms with Crippen molar-refractivity contribution in [3.05, 3.63) is 0 Å². The van der Waals surface area contributed by atoms with Gasteiger partial charge in [-0.25, -0.2) is 0 Å². The van der Waals surface area contributed by atoms with E-state index >= 15 is 0 Å². The first-order chi connectivity index (χ1) is 5.87. The van der Waals surface area contributed by atoms with Crippen molar-refractivity contribution >= 4 is 6.29 Å². The van der Waals surface area contributed by atoms with Gasteiger partial charge in [0.2, 0.25) is 6.29 Å². The van der Waals surface area contributed by atoms with Gasteiger partial charge in [-0.3, -0.25) is 4.79 Å². The van der Waals surface area contributed by atoms with Gasteiger partial charge in [-0.2, -0.15) is 0 Å². The molecule has 1 aliphatic carbocycles. The van der Waals surface area contributed by atoms with Gasteiger partial charge in [0.1, 0.15) is 0 Å². The van der Waals surface area contributed by atoms with Gasteiger partial charge in [-0.15, -0.1) is 0 Å². The molecule has 0 bridgehead atoms. The van der Waals surface area contributed by atoms with E-state index in [9.17, 15) is 4.79 Å². The molecule has 12 heavy (non-hydrogen) atoms. The molecule has 1 saturated heterocycles. The number of ether oxygens (including phenoxy) is 1. The highest BCUT2D eigenvalue weighted by atomic mass is 16.5. The van der Waals surface area contributed by atoms with Crippen molar-refractivity contribution in [1.29, 1.82) is 0 Å². The first-order valence-electron chi connectivity index (χ1n) is 4.60. The van der Waals surface area contributed by atoms with Crippen LogP contribution in [-0.4, -0.2) is 31.6 Å².